The van der Waals surface area contributed by atoms with Crippen LogP contribution in [0.1, 0.15) is 17.7 Å². The molecule has 3 aromatic rings. The molecule has 0 aliphatic carbocycles. The largest absolute Gasteiger partial charge is 0.353 e. The lowest BCUT2D eigenvalue weighted by Gasteiger charge is -2.23. The Morgan fingerprint density at radius 1 is 1.08 bits per heavy atom. The molecular formula is C19H22ClN5. The third-order valence-corrected chi connectivity index (χ3v) is 4.95. The second-order valence-corrected chi connectivity index (χ2v) is 7.05. The van der Waals surface area contributed by atoms with Crippen LogP contribution in [-0.2, 0) is 6.54 Å². The topological polar surface area (TPSA) is 36.7 Å². The zero-order chi connectivity index (χ0) is 17.2. The summed E-state index contributed by atoms with van der Waals surface area (Å²) < 4.78 is 1.92. The third-order valence-electron chi connectivity index (χ3n) is 4.70. The molecule has 1 saturated heterocycles. The molecule has 130 valence electrons. The Labute approximate surface area is 152 Å². The predicted octanol–water partition coefficient (Wildman–Crippen LogP) is 3.40. The summed E-state index contributed by atoms with van der Waals surface area (Å²) in [5.74, 6) is 1.04. The SMILES string of the molecule is Cc1cc2c(N3CCCN(Cc4ccc(Cl)cc4)CC3)nccn2n1. The summed E-state index contributed by atoms with van der Waals surface area (Å²) >= 11 is 5.98. The minimum Gasteiger partial charge on any atom is -0.353 e. The van der Waals surface area contributed by atoms with Crippen molar-refractivity contribution >= 4 is 22.9 Å². The summed E-state index contributed by atoms with van der Waals surface area (Å²) in [6.45, 7) is 7.11. The Morgan fingerprint density at radius 3 is 2.76 bits per heavy atom. The van der Waals surface area contributed by atoms with Crippen LogP contribution in [0.15, 0.2) is 42.7 Å². The molecular weight excluding hydrogens is 334 g/mol. The molecule has 5 nitrogen and oxygen atoms in total. The lowest BCUT2D eigenvalue weighted by Crippen LogP contribution is -2.31. The van der Waals surface area contributed by atoms with Crippen LogP contribution in [0.25, 0.3) is 5.52 Å². The maximum atomic E-state index is 5.98. The number of hydrogen-bond acceptors (Lipinski definition) is 4. The molecule has 0 atom stereocenters. The molecule has 1 aliphatic heterocycles. The van der Waals surface area contributed by atoms with Gasteiger partial charge in [-0.3, -0.25) is 4.90 Å². The molecule has 0 N–H and O–H groups in total. The van der Waals surface area contributed by atoms with E-state index in [1.54, 1.807) is 0 Å². The smallest absolute Gasteiger partial charge is 0.154 e. The highest BCUT2D eigenvalue weighted by molar-refractivity contribution is 6.30. The molecule has 4 rings (SSSR count). The first kappa shape index (κ1) is 16.4. The maximum Gasteiger partial charge on any atom is 0.154 e. The van der Waals surface area contributed by atoms with Gasteiger partial charge in [-0.25, -0.2) is 9.50 Å². The van der Waals surface area contributed by atoms with E-state index in [9.17, 15) is 0 Å². The van der Waals surface area contributed by atoms with Crippen molar-refractivity contribution in [3.05, 3.63) is 59.0 Å². The van der Waals surface area contributed by atoms with Gasteiger partial charge in [0.05, 0.1) is 5.69 Å². The second kappa shape index (κ2) is 7.02. The molecule has 25 heavy (non-hydrogen) atoms. The Balaban J connectivity index is 1.48. The fraction of sp³-hybridized carbons (Fsp3) is 0.368. The van der Waals surface area contributed by atoms with E-state index in [2.05, 4.69) is 38.1 Å². The molecule has 0 bridgehead atoms. The van der Waals surface area contributed by atoms with Crippen LogP contribution in [0.2, 0.25) is 5.02 Å². The van der Waals surface area contributed by atoms with Gasteiger partial charge >= 0.3 is 0 Å². The predicted molar refractivity (Wildman–Crippen MR) is 101 cm³/mol. The molecule has 0 spiro atoms. The molecule has 0 unspecified atom stereocenters. The van der Waals surface area contributed by atoms with Gasteiger partial charge in [-0.2, -0.15) is 5.10 Å². The maximum absolute atomic E-state index is 5.98. The van der Waals surface area contributed by atoms with E-state index in [0.717, 1.165) is 61.2 Å². The number of benzene rings is 1. The van der Waals surface area contributed by atoms with Gasteiger partial charge in [-0.1, -0.05) is 23.7 Å². The van der Waals surface area contributed by atoms with E-state index >= 15 is 0 Å². The molecule has 0 saturated carbocycles. The van der Waals surface area contributed by atoms with Crippen LogP contribution in [0, 0.1) is 6.92 Å². The number of hydrogen-bond donors (Lipinski definition) is 0. The number of fused-ring (bicyclic) bond motifs is 1. The summed E-state index contributed by atoms with van der Waals surface area (Å²) in [6.07, 6.45) is 4.88. The van der Waals surface area contributed by atoms with Crippen molar-refractivity contribution in [1.82, 2.24) is 19.5 Å². The average Bonchev–Trinajstić information content (AvgIpc) is 2.84. The van der Waals surface area contributed by atoms with E-state index in [4.69, 9.17) is 11.6 Å². The first-order chi connectivity index (χ1) is 12.2. The van der Waals surface area contributed by atoms with Gasteiger partial charge < -0.3 is 4.90 Å². The molecule has 6 heteroatoms. The first-order valence-corrected chi connectivity index (χ1v) is 9.09. The highest BCUT2D eigenvalue weighted by atomic mass is 35.5. The molecule has 1 fully saturated rings. The standard InChI is InChI=1S/C19H22ClN5/c1-15-13-18-19(21-7-10-25(18)22-15)24-9-2-8-23(11-12-24)14-16-3-5-17(20)6-4-16/h3-7,10,13H,2,8-9,11-12,14H2,1H3. The lowest BCUT2D eigenvalue weighted by molar-refractivity contribution is 0.285. The number of aryl methyl sites for hydroxylation is 1. The summed E-state index contributed by atoms with van der Waals surface area (Å²) in [6, 6.07) is 10.3. The highest BCUT2D eigenvalue weighted by Gasteiger charge is 2.18. The van der Waals surface area contributed by atoms with Gasteiger partial charge in [0, 0.05) is 50.1 Å². The lowest BCUT2D eigenvalue weighted by atomic mass is 10.2. The number of nitrogens with zero attached hydrogens (tertiary/aromatic N) is 5. The fourth-order valence-electron chi connectivity index (χ4n) is 3.46. The zero-order valence-corrected chi connectivity index (χ0v) is 15.2. The fourth-order valence-corrected chi connectivity index (χ4v) is 3.59. The van der Waals surface area contributed by atoms with Gasteiger partial charge in [-0.05, 0) is 37.1 Å². The normalized spacial score (nSPS) is 16.3. The summed E-state index contributed by atoms with van der Waals surface area (Å²) in [5.41, 5.74) is 3.42. The van der Waals surface area contributed by atoms with E-state index in [0.29, 0.717) is 0 Å². The van der Waals surface area contributed by atoms with Crippen molar-refractivity contribution < 1.29 is 0 Å². The minimum atomic E-state index is 0.793. The van der Waals surface area contributed by atoms with Gasteiger partial charge in [0.15, 0.2) is 5.82 Å². The number of halogens is 1. The molecule has 0 amide bonds. The summed E-state index contributed by atoms with van der Waals surface area (Å²) in [5, 5.41) is 5.29. The van der Waals surface area contributed by atoms with Crippen LogP contribution in [-0.4, -0.2) is 45.7 Å². The number of anilines is 1. The minimum absolute atomic E-state index is 0.793. The molecule has 3 heterocycles. The zero-order valence-electron chi connectivity index (χ0n) is 14.4. The Morgan fingerprint density at radius 2 is 1.92 bits per heavy atom. The van der Waals surface area contributed by atoms with Crippen molar-refractivity contribution in [3.63, 3.8) is 0 Å². The second-order valence-electron chi connectivity index (χ2n) is 6.61. The van der Waals surface area contributed by atoms with E-state index in [1.807, 2.05) is 36.0 Å². The quantitative estimate of drug-likeness (QED) is 0.721. The Kier molecular flexibility index (Phi) is 4.59. The summed E-state index contributed by atoms with van der Waals surface area (Å²) in [7, 11) is 0. The first-order valence-electron chi connectivity index (χ1n) is 8.72. The van der Waals surface area contributed by atoms with Crippen molar-refractivity contribution in [2.45, 2.75) is 19.9 Å². The number of aromatic nitrogens is 3. The van der Waals surface area contributed by atoms with Crippen molar-refractivity contribution in [3.8, 4) is 0 Å². The van der Waals surface area contributed by atoms with Crippen molar-refractivity contribution in [2.75, 3.05) is 31.1 Å². The number of rotatable bonds is 3. The van der Waals surface area contributed by atoms with Crippen molar-refractivity contribution in [2.24, 2.45) is 0 Å². The monoisotopic (exact) mass is 355 g/mol. The molecule has 0 radical (unpaired) electrons. The van der Waals surface area contributed by atoms with Gasteiger partial charge in [0.2, 0.25) is 0 Å². The van der Waals surface area contributed by atoms with Crippen LogP contribution in [0.5, 0.6) is 0 Å². The third kappa shape index (κ3) is 3.62. The van der Waals surface area contributed by atoms with Crippen LogP contribution in [0.4, 0.5) is 5.82 Å². The van der Waals surface area contributed by atoms with Gasteiger partial charge in [-0.15, -0.1) is 0 Å². The van der Waals surface area contributed by atoms with Gasteiger partial charge in [0.1, 0.15) is 5.52 Å². The Hall–Kier alpha value is -2.11. The van der Waals surface area contributed by atoms with E-state index < -0.39 is 0 Å². The van der Waals surface area contributed by atoms with Crippen molar-refractivity contribution in [1.29, 1.82) is 0 Å². The molecule has 1 aromatic carbocycles. The highest BCUT2D eigenvalue weighted by Crippen LogP contribution is 2.21. The Bertz CT molecular complexity index is 858. The molecule has 2 aromatic heterocycles. The van der Waals surface area contributed by atoms with Crippen LogP contribution in [0.3, 0.4) is 0 Å². The van der Waals surface area contributed by atoms with E-state index in [-0.39, 0.29) is 0 Å². The summed E-state index contributed by atoms with van der Waals surface area (Å²) in [4.78, 5) is 9.53. The van der Waals surface area contributed by atoms with E-state index in [1.165, 1.54) is 5.56 Å². The van der Waals surface area contributed by atoms with Crippen LogP contribution < -0.4 is 4.90 Å². The van der Waals surface area contributed by atoms with Crippen LogP contribution >= 0.6 is 11.6 Å². The molecule has 1 aliphatic rings. The average molecular weight is 356 g/mol. The van der Waals surface area contributed by atoms with Gasteiger partial charge in [0.25, 0.3) is 0 Å².